The molecule has 0 saturated heterocycles. The van der Waals surface area contributed by atoms with Crippen molar-refractivity contribution in [1.82, 2.24) is 0 Å². The summed E-state index contributed by atoms with van der Waals surface area (Å²) in [5.74, 6) is 1.81. The first-order chi connectivity index (χ1) is 9.69. The van der Waals surface area contributed by atoms with Gasteiger partial charge in [-0.3, -0.25) is 0 Å². The van der Waals surface area contributed by atoms with Crippen LogP contribution in [-0.2, 0) is 0 Å². The Morgan fingerprint density at radius 2 is 0.952 bits per heavy atom. The first kappa shape index (κ1) is 29.5. The van der Waals surface area contributed by atoms with Crippen LogP contribution >= 0.6 is 0 Å². The monoisotopic (exact) mass is 277 g/mol. The molecule has 21 heavy (non-hydrogen) atoms. The molecule has 109 valence electrons. The van der Waals surface area contributed by atoms with Gasteiger partial charge in [0.1, 0.15) is 0 Å². The highest BCUT2D eigenvalue weighted by atomic mass is 14.0. The van der Waals surface area contributed by atoms with E-state index >= 15 is 0 Å². The van der Waals surface area contributed by atoms with Crippen LogP contribution in [0.2, 0.25) is 0 Å². The summed E-state index contributed by atoms with van der Waals surface area (Å²) in [6.07, 6.45) is 7.62. The fraction of sp³-hybridized carbons (Fsp3) is 1.00. The molecule has 7 heteroatoms. The van der Waals surface area contributed by atoms with Gasteiger partial charge in [0.2, 0.25) is 0 Å². The third-order valence-electron chi connectivity index (χ3n) is 2.27. The summed E-state index contributed by atoms with van der Waals surface area (Å²) in [5.41, 5.74) is 0. The molecule has 0 aliphatic heterocycles. The lowest BCUT2D eigenvalue weighted by Gasteiger charge is -1.98. The fourth-order valence-corrected chi connectivity index (χ4v) is 1.22. The van der Waals surface area contributed by atoms with E-state index in [0.717, 1.165) is 18.9 Å². The molecule has 0 spiro atoms. The van der Waals surface area contributed by atoms with E-state index in [1.165, 1.54) is 38.5 Å². The van der Waals surface area contributed by atoms with Crippen molar-refractivity contribution in [1.29, 1.82) is 0 Å². The Bertz CT molecular complexity index is 127. The van der Waals surface area contributed by atoms with Gasteiger partial charge in [0.15, 0.2) is 0 Å². The van der Waals surface area contributed by atoms with Gasteiger partial charge < -0.3 is 0 Å². The largest absolute Gasteiger partial charge is 0.0654 e. The molecule has 0 unspecified atom stereocenters. The average Bonchev–Trinajstić information content (AvgIpc) is 2.34. The Morgan fingerprint density at radius 3 is 1.00 bits per heavy atom. The molecular formula is C14H32B7. The molecular weight excluding hydrogens is 244 g/mol. The molecule has 0 bridgehead atoms. The van der Waals surface area contributed by atoms with Gasteiger partial charge in [0.25, 0.3) is 0 Å². The second-order valence-corrected chi connectivity index (χ2v) is 5.84. The molecule has 0 saturated carbocycles. The minimum absolute atomic E-state index is 0.667. The zero-order valence-electron chi connectivity index (χ0n) is 15.4. The molecule has 0 aromatic carbocycles. The van der Waals surface area contributed by atoms with Crippen molar-refractivity contribution < 1.29 is 0 Å². The van der Waals surface area contributed by atoms with Crippen LogP contribution in [-0.4, -0.2) is 52.1 Å². The van der Waals surface area contributed by atoms with Crippen molar-refractivity contribution in [2.24, 2.45) is 11.8 Å². The molecule has 0 aliphatic rings. The second-order valence-electron chi connectivity index (χ2n) is 5.84. The van der Waals surface area contributed by atoms with E-state index in [0.29, 0.717) is 0 Å². The van der Waals surface area contributed by atoms with Crippen LogP contribution in [0.4, 0.5) is 0 Å². The number of hydrogen-bond donors (Lipinski definition) is 0. The highest BCUT2D eigenvalue weighted by molar-refractivity contribution is 7.49. The first-order valence-electron chi connectivity index (χ1n) is 8.21. The number of rotatable bonds is 6. The smallest absolute Gasteiger partial charge is 0 e. The molecule has 0 nitrogen and oxygen atoms in total. The minimum Gasteiger partial charge on any atom is -0.0654 e. The fourth-order valence-electron chi connectivity index (χ4n) is 1.22. The van der Waals surface area contributed by atoms with Gasteiger partial charge in [-0.25, -0.2) is 0 Å². The predicted molar refractivity (Wildman–Crippen MR) is 109 cm³/mol. The average molecular weight is 276 g/mol. The molecule has 11 radical (unpaired) electrons. The third kappa shape index (κ3) is 97.5. The maximum Gasteiger partial charge on any atom is 0 e. The highest BCUT2D eigenvalue weighted by Crippen LogP contribution is 2.04. The van der Waals surface area contributed by atoms with Crippen LogP contribution < -0.4 is 0 Å². The first-order valence-corrected chi connectivity index (χ1v) is 8.21. The second kappa shape index (κ2) is 28.6. The molecule has 0 atom stereocenters. The minimum atomic E-state index is -0.667. The van der Waals surface area contributed by atoms with Crippen molar-refractivity contribution in [3.8, 4) is 0 Å². The molecule has 0 amide bonds. The van der Waals surface area contributed by atoms with Gasteiger partial charge in [-0.2, -0.15) is 0 Å². The van der Waals surface area contributed by atoms with Crippen LogP contribution in [0.5, 0.6) is 0 Å². The summed E-state index contributed by atoms with van der Waals surface area (Å²) in [6.45, 7) is 13.6. The van der Waals surface area contributed by atoms with Crippen LogP contribution in [0.3, 0.4) is 0 Å². The highest BCUT2D eigenvalue weighted by Gasteiger charge is 1.89. The van der Waals surface area contributed by atoms with Crippen molar-refractivity contribution in [2.45, 2.75) is 80.1 Å². The van der Waals surface area contributed by atoms with Crippen molar-refractivity contribution in [3.63, 3.8) is 0 Å². The van der Waals surface area contributed by atoms with Crippen molar-refractivity contribution in [2.75, 3.05) is 0 Å². The van der Waals surface area contributed by atoms with Crippen LogP contribution in [0.15, 0.2) is 0 Å². The van der Waals surface area contributed by atoms with Crippen molar-refractivity contribution in [3.05, 3.63) is 0 Å². The Kier molecular flexibility index (Phi) is 40.1. The van der Waals surface area contributed by atoms with E-state index in [1.807, 2.05) is 0 Å². The Balaban J connectivity index is -0.0000000973. The normalized spacial score (nSPS) is 8.57. The molecule has 0 aromatic rings. The maximum absolute atomic E-state index is 4.67. The van der Waals surface area contributed by atoms with E-state index in [-0.39, 0.29) is 0 Å². The van der Waals surface area contributed by atoms with Crippen molar-refractivity contribution >= 4 is 52.1 Å². The van der Waals surface area contributed by atoms with Gasteiger partial charge in [-0.15, -0.1) is 0 Å². The van der Waals surface area contributed by atoms with Crippen LogP contribution in [0.1, 0.15) is 80.1 Å². The van der Waals surface area contributed by atoms with Gasteiger partial charge in [0.05, 0.1) is 0 Å². The molecule has 0 rings (SSSR count). The van der Waals surface area contributed by atoms with E-state index in [9.17, 15) is 0 Å². The Labute approximate surface area is 144 Å². The van der Waals surface area contributed by atoms with Gasteiger partial charge in [0, 0.05) is 52.1 Å². The van der Waals surface area contributed by atoms with Gasteiger partial charge in [-0.1, -0.05) is 80.1 Å². The summed E-state index contributed by atoms with van der Waals surface area (Å²) in [7, 11) is 24.0. The van der Waals surface area contributed by atoms with Gasteiger partial charge in [-0.05, 0) is 11.8 Å². The SMILES string of the molecule is CCCCC(C)C.CCCCC(C)C.[B]B([B])[B].[B][B][B]. The Hall–Kier alpha value is 0.455. The van der Waals surface area contributed by atoms with Gasteiger partial charge >= 0.3 is 0 Å². The molecule has 0 fully saturated rings. The lowest BCUT2D eigenvalue weighted by atomic mass is 9.08. The summed E-state index contributed by atoms with van der Waals surface area (Å²) in [5, 5.41) is 0. The Morgan fingerprint density at radius 1 is 0.762 bits per heavy atom. The third-order valence-corrected chi connectivity index (χ3v) is 2.27. The lowest BCUT2D eigenvalue weighted by molar-refractivity contribution is 0.550. The van der Waals surface area contributed by atoms with Crippen LogP contribution in [0, 0.1) is 11.8 Å². The molecule has 0 aliphatic carbocycles. The standard InChI is InChI=1S/2C7H16.B4.B3/c2*1-4-5-6-7(2)3;1-4(2)3;1-3-2/h2*7H,4-6H2,1-3H3;;. The summed E-state index contributed by atoms with van der Waals surface area (Å²) in [6, 6.07) is 0. The van der Waals surface area contributed by atoms with Crippen LogP contribution in [0.25, 0.3) is 0 Å². The summed E-state index contributed by atoms with van der Waals surface area (Å²) in [4.78, 5) is 0. The summed E-state index contributed by atoms with van der Waals surface area (Å²) < 4.78 is 0. The molecule has 0 aromatic heterocycles. The maximum atomic E-state index is 4.67. The topological polar surface area (TPSA) is 0 Å². The van der Waals surface area contributed by atoms with E-state index in [4.69, 9.17) is 0 Å². The zero-order chi connectivity index (χ0) is 17.7. The predicted octanol–water partition coefficient (Wildman–Crippen LogP) is 3.00. The molecule has 0 N–H and O–H groups in total. The number of hydrogen-bond acceptors (Lipinski definition) is 0. The molecule has 0 heterocycles. The zero-order valence-corrected chi connectivity index (χ0v) is 15.4. The number of unbranched alkanes of at least 4 members (excludes halogenated alkanes) is 2. The van der Waals surface area contributed by atoms with E-state index < -0.39 is 6.39 Å². The summed E-state index contributed by atoms with van der Waals surface area (Å²) >= 11 is 0. The van der Waals surface area contributed by atoms with E-state index in [2.05, 4.69) is 80.2 Å². The lowest BCUT2D eigenvalue weighted by Crippen LogP contribution is -2.11. The van der Waals surface area contributed by atoms with E-state index in [1.54, 1.807) is 0 Å². The quantitative estimate of drug-likeness (QED) is 0.654.